The Hall–Kier alpha value is -2.29. The molecule has 2 aliphatic heterocycles. The first-order valence-corrected chi connectivity index (χ1v) is 9.67. The summed E-state index contributed by atoms with van der Waals surface area (Å²) >= 11 is 0. The fraction of sp³-hybridized carbons (Fsp3) is 0.600. The van der Waals surface area contributed by atoms with Crippen LogP contribution >= 0.6 is 0 Å². The Labute approximate surface area is 167 Å². The minimum Gasteiger partial charge on any atom is -0.405 e. The number of carbonyl (C=O) groups is 2. The van der Waals surface area contributed by atoms with Crippen LogP contribution in [0.25, 0.3) is 0 Å². The van der Waals surface area contributed by atoms with E-state index >= 15 is 0 Å². The average Bonchev–Trinajstić information content (AvgIpc) is 3.00. The number of benzene rings is 1. The third kappa shape index (κ3) is 5.62. The number of methoxy groups -OCH3 is 1. The smallest absolute Gasteiger partial charge is 0.405 e. The zero-order valence-electron chi connectivity index (χ0n) is 16.3. The fourth-order valence-electron chi connectivity index (χ4n) is 4.04. The Morgan fingerprint density at radius 2 is 1.86 bits per heavy atom. The summed E-state index contributed by atoms with van der Waals surface area (Å²) in [5.74, 6) is -0.339. The van der Waals surface area contributed by atoms with E-state index in [2.05, 4.69) is 4.74 Å². The number of ether oxygens (including phenoxy) is 2. The predicted molar refractivity (Wildman–Crippen MR) is 98.3 cm³/mol. The van der Waals surface area contributed by atoms with Crippen LogP contribution in [0.15, 0.2) is 24.3 Å². The van der Waals surface area contributed by atoms with Gasteiger partial charge in [0.15, 0.2) is 0 Å². The number of para-hydroxylation sites is 1. The van der Waals surface area contributed by atoms with Gasteiger partial charge < -0.3 is 19.3 Å². The number of piperidine rings is 1. The molecular formula is C20H25F3N2O4. The van der Waals surface area contributed by atoms with Gasteiger partial charge >= 0.3 is 6.36 Å². The molecule has 0 aliphatic carbocycles. The number of likely N-dealkylation sites (tertiary alicyclic amines) is 2. The number of nitrogens with zero attached hydrogens (tertiary/aromatic N) is 2. The second-order valence-electron chi connectivity index (χ2n) is 7.60. The Balaban J connectivity index is 1.55. The highest BCUT2D eigenvalue weighted by molar-refractivity contribution is 5.97. The van der Waals surface area contributed by atoms with Crippen molar-refractivity contribution in [3.8, 4) is 5.75 Å². The van der Waals surface area contributed by atoms with Crippen LogP contribution in [0.1, 0.15) is 29.6 Å². The van der Waals surface area contributed by atoms with Gasteiger partial charge in [-0.3, -0.25) is 9.59 Å². The molecule has 2 saturated heterocycles. The quantitative estimate of drug-likeness (QED) is 0.718. The summed E-state index contributed by atoms with van der Waals surface area (Å²) in [4.78, 5) is 28.3. The minimum absolute atomic E-state index is 0.0968. The van der Waals surface area contributed by atoms with Gasteiger partial charge in [-0.25, -0.2) is 0 Å². The molecule has 2 heterocycles. The summed E-state index contributed by atoms with van der Waals surface area (Å²) in [6, 6.07) is 5.39. The molecule has 0 spiro atoms. The molecule has 0 radical (unpaired) electrons. The second kappa shape index (κ2) is 9.02. The normalized spacial score (nSPS) is 21.0. The largest absolute Gasteiger partial charge is 0.573 e. The van der Waals surface area contributed by atoms with Crippen molar-refractivity contribution in [2.45, 2.75) is 25.6 Å². The number of halogens is 3. The second-order valence-corrected chi connectivity index (χ2v) is 7.60. The maximum Gasteiger partial charge on any atom is 0.573 e. The van der Waals surface area contributed by atoms with Gasteiger partial charge in [0.1, 0.15) is 5.75 Å². The summed E-state index contributed by atoms with van der Waals surface area (Å²) < 4.78 is 46.9. The number of hydrogen-bond donors (Lipinski definition) is 0. The molecule has 160 valence electrons. The molecule has 1 aromatic carbocycles. The highest BCUT2D eigenvalue weighted by atomic mass is 19.4. The van der Waals surface area contributed by atoms with Gasteiger partial charge in [0.25, 0.3) is 5.91 Å². The molecule has 2 fully saturated rings. The van der Waals surface area contributed by atoms with Crippen molar-refractivity contribution < 1.29 is 32.2 Å². The van der Waals surface area contributed by atoms with Crippen LogP contribution in [-0.2, 0) is 9.53 Å². The lowest BCUT2D eigenvalue weighted by molar-refractivity contribution is -0.274. The summed E-state index contributed by atoms with van der Waals surface area (Å²) in [5.41, 5.74) is -0.0968. The fourth-order valence-corrected chi connectivity index (χ4v) is 4.04. The number of amides is 2. The predicted octanol–water partition coefficient (Wildman–Crippen LogP) is 2.93. The molecule has 1 unspecified atom stereocenters. The van der Waals surface area contributed by atoms with Gasteiger partial charge in [0.2, 0.25) is 5.91 Å². The SMILES string of the molecule is COCC1CC(=O)N(CC2CCN(C(=O)c3ccccc3OC(F)(F)F)CC2)C1. The molecule has 3 rings (SSSR count). The summed E-state index contributed by atoms with van der Waals surface area (Å²) in [6.07, 6.45) is -2.95. The van der Waals surface area contributed by atoms with E-state index in [-0.39, 0.29) is 23.3 Å². The first-order chi connectivity index (χ1) is 13.8. The Kier molecular flexibility index (Phi) is 6.66. The molecule has 0 saturated carbocycles. The maximum atomic E-state index is 12.7. The number of alkyl halides is 3. The van der Waals surface area contributed by atoms with Gasteiger partial charge in [0, 0.05) is 45.6 Å². The van der Waals surface area contributed by atoms with Crippen molar-refractivity contribution in [3.05, 3.63) is 29.8 Å². The van der Waals surface area contributed by atoms with E-state index in [1.54, 1.807) is 12.0 Å². The summed E-state index contributed by atoms with van der Waals surface area (Å²) in [7, 11) is 1.62. The highest BCUT2D eigenvalue weighted by Gasteiger charge is 2.35. The molecule has 0 aromatic heterocycles. The monoisotopic (exact) mass is 414 g/mol. The van der Waals surface area contributed by atoms with Crippen LogP contribution in [0.5, 0.6) is 5.75 Å². The molecular weight excluding hydrogens is 389 g/mol. The van der Waals surface area contributed by atoms with Crippen LogP contribution in [0.4, 0.5) is 13.2 Å². The minimum atomic E-state index is -4.85. The highest BCUT2D eigenvalue weighted by Crippen LogP contribution is 2.29. The Bertz CT molecular complexity index is 733. The number of hydrogen-bond acceptors (Lipinski definition) is 4. The van der Waals surface area contributed by atoms with E-state index in [0.29, 0.717) is 52.0 Å². The van der Waals surface area contributed by atoms with Crippen LogP contribution in [0.3, 0.4) is 0 Å². The molecule has 1 atom stereocenters. The van der Waals surface area contributed by atoms with E-state index in [1.807, 2.05) is 4.90 Å². The van der Waals surface area contributed by atoms with Gasteiger partial charge in [-0.15, -0.1) is 13.2 Å². The number of rotatable bonds is 6. The van der Waals surface area contributed by atoms with Gasteiger partial charge in [-0.05, 0) is 30.9 Å². The van der Waals surface area contributed by atoms with Crippen LogP contribution in [-0.4, -0.2) is 67.9 Å². The average molecular weight is 414 g/mol. The third-order valence-corrected chi connectivity index (χ3v) is 5.42. The topological polar surface area (TPSA) is 59.1 Å². The molecule has 1 aromatic rings. The van der Waals surface area contributed by atoms with Crippen molar-refractivity contribution in [2.75, 3.05) is 39.9 Å². The molecule has 9 heteroatoms. The van der Waals surface area contributed by atoms with Crippen molar-refractivity contribution in [2.24, 2.45) is 11.8 Å². The van der Waals surface area contributed by atoms with Gasteiger partial charge in [0.05, 0.1) is 12.2 Å². The van der Waals surface area contributed by atoms with Gasteiger partial charge in [-0.2, -0.15) is 0 Å². The maximum absolute atomic E-state index is 12.7. The zero-order chi connectivity index (χ0) is 21.0. The standard InChI is InChI=1S/C20H25F3N2O4/c1-28-13-15-10-18(26)25(12-15)11-14-6-8-24(9-7-14)19(27)16-4-2-3-5-17(16)29-20(21,22)23/h2-5,14-15H,6-13H2,1H3. The van der Waals surface area contributed by atoms with E-state index in [4.69, 9.17) is 4.74 Å². The zero-order valence-corrected chi connectivity index (χ0v) is 16.3. The van der Waals surface area contributed by atoms with Crippen molar-refractivity contribution >= 4 is 11.8 Å². The summed E-state index contributed by atoms with van der Waals surface area (Å²) in [5, 5.41) is 0. The van der Waals surface area contributed by atoms with E-state index < -0.39 is 18.0 Å². The summed E-state index contributed by atoms with van der Waals surface area (Å²) in [6.45, 7) is 2.78. The lowest BCUT2D eigenvalue weighted by Gasteiger charge is -2.34. The third-order valence-electron chi connectivity index (χ3n) is 5.42. The molecule has 29 heavy (non-hydrogen) atoms. The molecule has 2 amide bonds. The van der Waals surface area contributed by atoms with Crippen molar-refractivity contribution in [3.63, 3.8) is 0 Å². The lowest BCUT2D eigenvalue weighted by Crippen LogP contribution is -2.42. The first-order valence-electron chi connectivity index (χ1n) is 9.67. The number of carbonyl (C=O) groups excluding carboxylic acids is 2. The molecule has 6 nitrogen and oxygen atoms in total. The molecule has 0 bridgehead atoms. The first kappa shape index (κ1) is 21.4. The van der Waals surface area contributed by atoms with Crippen LogP contribution in [0, 0.1) is 11.8 Å². The molecule has 2 aliphatic rings. The Morgan fingerprint density at radius 1 is 1.17 bits per heavy atom. The van der Waals surface area contributed by atoms with Crippen LogP contribution in [0.2, 0.25) is 0 Å². The van der Waals surface area contributed by atoms with Crippen molar-refractivity contribution in [1.29, 1.82) is 0 Å². The van der Waals surface area contributed by atoms with E-state index in [0.717, 1.165) is 6.07 Å². The van der Waals surface area contributed by atoms with Crippen LogP contribution < -0.4 is 4.74 Å². The van der Waals surface area contributed by atoms with Crippen molar-refractivity contribution in [1.82, 2.24) is 9.80 Å². The van der Waals surface area contributed by atoms with E-state index in [1.165, 1.54) is 18.2 Å². The Morgan fingerprint density at radius 3 is 2.52 bits per heavy atom. The van der Waals surface area contributed by atoms with E-state index in [9.17, 15) is 22.8 Å². The van der Waals surface area contributed by atoms with Gasteiger partial charge in [-0.1, -0.05) is 12.1 Å². The lowest BCUT2D eigenvalue weighted by atomic mass is 9.95. The molecule has 0 N–H and O–H groups in total.